The van der Waals surface area contributed by atoms with Crippen LogP contribution in [0.4, 0.5) is 8.78 Å². The zero-order valence-corrected chi connectivity index (χ0v) is 7.88. The van der Waals surface area contributed by atoms with Crippen LogP contribution in [0.3, 0.4) is 0 Å². The average molecular weight is 200 g/mol. The number of hydrogen-bond acceptors (Lipinski definition) is 2. The van der Waals surface area contributed by atoms with Crippen LogP contribution in [0.15, 0.2) is 12.1 Å². The third-order valence-corrected chi connectivity index (χ3v) is 1.94. The summed E-state index contributed by atoms with van der Waals surface area (Å²) in [6.07, 6.45) is 0.582. The molecular formula is C10H10F2O2. The van der Waals surface area contributed by atoms with E-state index in [0.717, 1.165) is 12.1 Å². The van der Waals surface area contributed by atoms with Gasteiger partial charge in [0, 0.05) is 23.6 Å². The first-order valence-electron chi connectivity index (χ1n) is 4.08. The molecule has 14 heavy (non-hydrogen) atoms. The van der Waals surface area contributed by atoms with Crippen molar-refractivity contribution in [1.29, 1.82) is 0 Å². The van der Waals surface area contributed by atoms with Crippen LogP contribution in [0.25, 0.3) is 0 Å². The van der Waals surface area contributed by atoms with E-state index in [1.807, 2.05) is 0 Å². The molecule has 0 saturated heterocycles. The summed E-state index contributed by atoms with van der Waals surface area (Å²) in [5.41, 5.74) is 0.0869. The topological polar surface area (TPSA) is 26.3 Å². The van der Waals surface area contributed by atoms with Gasteiger partial charge in [-0.1, -0.05) is 6.92 Å². The molecule has 0 saturated carbocycles. The van der Waals surface area contributed by atoms with E-state index >= 15 is 0 Å². The van der Waals surface area contributed by atoms with Crippen molar-refractivity contribution in [3.05, 3.63) is 29.3 Å². The molecule has 0 aliphatic carbocycles. The van der Waals surface area contributed by atoms with Gasteiger partial charge in [0.15, 0.2) is 0 Å². The molecule has 0 aliphatic rings. The van der Waals surface area contributed by atoms with Crippen molar-refractivity contribution in [2.45, 2.75) is 12.8 Å². The van der Waals surface area contributed by atoms with Crippen molar-refractivity contribution in [2.24, 2.45) is 0 Å². The number of halogens is 2. The van der Waals surface area contributed by atoms with Gasteiger partial charge < -0.3 is 9.53 Å². The second-order valence-corrected chi connectivity index (χ2v) is 2.93. The Labute approximate surface area is 80.5 Å². The predicted molar refractivity (Wildman–Crippen MR) is 47.4 cm³/mol. The zero-order valence-electron chi connectivity index (χ0n) is 7.88. The SMILES string of the molecule is COc1cc(F)cc(F)c1C(C)C=O. The molecule has 0 amide bonds. The third-order valence-electron chi connectivity index (χ3n) is 1.94. The molecule has 0 N–H and O–H groups in total. The fraction of sp³-hybridized carbons (Fsp3) is 0.300. The Kier molecular flexibility index (Phi) is 3.17. The number of benzene rings is 1. The number of hydrogen-bond donors (Lipinski definition) is 0. The molecule has 0 aromatic heterocycles. The van der Waals surface area contributed by atoms with Gasteiger partial charge in [-0.2, -0.15) is 0 Å². The van der Waals surface area contributed by atoms with E-state index in [1.165, 1.54) is 14.0 Å². The zero-order chi connectivity index (χ0) is 10.7. The van der Waals surface area contributed by atoms with Gasteiger partial charge in [-0.05, 0) is 0 Å². The van der Waals surface area contributed by atoms with Crippen LogP contribution in [-0.4, -0.2) is 13.4 Å². The van der Waals surface area contributed by atoms with Crippen LogP contribution in [0.5, 0.6) is 5.75 Å². The maximum absolute atomic E-state index is 13.3. The standard InChI is InChI=1S/C10H10F2O2/c1-6(5-13)10-8(12)3-7(11)4-9(10)14-2/h3-6H,1-2H3. The fourth-order valence-electron chi connectivity index (χ4n) is 1.24. The molecule has 0 heterocycles. The Hall–Kier alpha value is -1.45. The Morgan fingerprint density at radius 3 is 2.57 bits per heavy atom. The van der Waals surface area contributed by atoms with Gasteiger partial charge >= 0.3 is 0 Å². The molecule has 1 rings (SSSR count). The van der Waals surface area contributed by atoms with Crippen molar-refractivity contribution in [1.82, 2.24) is 0 Å². The Balaban J connectivity index is 3.31. The molecule has 0 radical (unpaired) electrons. The quantitative estimate of drug-likeness (QED) is 0.699. The normalized spacial score (nSPS) is 12.3. The molecule has 0 spiro atoms. The van der Waals surface area contributed by atoms with E-state index in [9.17, 15) is 13.6 Å². The highest BCUT2D eigenvalue weighted by molar-refractivity contribution is 5.64. The van der Waals surface area contributed by atoms with E-state index < -0.39 is 17.6 Å². The Morgan fingerprint density at radius 1 is 1.43 bits per heavy atom. The molecule has 1 aromatic carbocycles. The number of methoxy groups -OCH3 is 1. The monoisotopic (exact) mass is 200 g/mol. The summed E-state index contributed by atoms with van der Waals surface area (Å²) in [6.45, 7) is 1.52. The first-order chi connectivity index (χ1) is 6.60. The van der Waals surface area contributed by atoms with Crippen LogP contribution in [0.2, 0.25) is 0 Å². The third kappa shape index (κ3) is 1.89. The van der Waals surface area contributed by atoms with Crippen LogP contribution in [0, 0.1) is 11.6 Å². The van der Waals surface area contributed by atoms with Gasteiger partial charge in [-0.3, -0.25) is 0 Å². The number of rotatable bonds is 3. The summed E-state index contributed by atoms with van der Waals surface area (Å²) < 4.78 is 30.8. The smallest absolute Gasteiger partial charge is 0.133 e. The minimum atomic E-state index is -0.763. The summed E-state index contributed by atoms with van der Waals surface area (Å²) in [5.74, 6) is -2.07. The van der Waals surface area contributed by atoms with Gasteiger partial charge in [0.2, 0.25) is 0 Å². The highest BCUT2D eigenvalue weighted by Gasteiger charge is 2.17. The van der Waals surface area contributed by atoms with E-state index in [1.54, 1.807) is 0 Å². The summed E-state index contributed by atoms with van der Waals surface area (Å²) in [4.78, 5) is 10.5. The lowest BCUT2D eigenvalue weighted by atomic mass is 10.0. The number of aldehydes is 1. The molecule has 0 bridgehead atoms. The van der Waals surface area contributed by atoms with Gasteiger partial charge in [-0.15, -0.1) is 0 Å². The lowest BCUT2D eigenvalue weighted by molar-refractivity contribution is -0.108. The van der Waals surface area contributed by atoms with Crippen molar-refractivity contribution in [3.63, 3.8) is 0 Å². The van der Waals surface area contributed by atoms with Crippen molar-refractivity contribution in [3.8, 4) is 5.75 Å². The molecule has 1 unspecified atom stereocenters. The number of carbonyl (C=O) groups is 1. The minimum absolute atomic E-state index is 0.0575. The molecule has 4 heteroatoms. The highest BCUT2D eigenvalue weighted by Crippen LogP contribution is 2.29. The largest absolute Gasteiger partial charge is 0.496 e. The fourth-order valence-corrected chi connectivity index (χ4v) is 1.24. The van der Waals surface area contributed by atoms with Crippen LogP contribution >= 0.6 is 0 Å². The molecule has 1 aromatic rings. The summed E-state index contributed by atoms with van der Waals surface area (Å²) in [7, 11) is 1.30. The molecule has 76 valence electrons. The van der Waals surface area contributed by atoms with Crippen molar-refractivity contribution >= 4 is 6.29 Å². The second-order valence-electron chi connectivity index (χ2n) is 2.93. The average Bonchev–Trinajstić information content (AvgIpc) is 2.15. The van der Waals surface area contributed by atoms with E-state index in [4.69, 9.17) is 4.74 Å². The summed E-state index contributed by atoms with van der Waals surface area (Å²) >= 11 is 0. The molecule has 1 atom stereocenters. The van der Waals surface area contributed by atoms with Crippen LogP contribution < -0.4 is 4.74 Å². The van der Waals surface area contributed by atoms with E-state index in [-0.39, 0.29) is 11.3 Å². The van der Waals surface area contributed by atoms with E-state index in [2.05, 4.69) is 0 Å². The highest BCUT2D eigenvalue weighted by atomic mass is 19.1. The maximum Gasteiger partial charge on any atom is 0.133 e. The van der Waals surface area contributed by atoms with E-state index in [0.29, 0.717) is 6.29 Å². The van der Waals surface area contributed by atoms with Crippen molar-refractivity contribution < 1.29 is 18.3 Å². The minimum Gasteiger partial charge on any atom is -0.496 e. The first-order valence-corrected chi connectivity index (χ1v) is 4.08. The molecule has 2 nitrogen and oxygen atoms in total. The molecule has 0 aliphatic heterocycles. The van der Waals surface area contributed by atoms with Gasteiger partial charge in [0.1, 0.15) is 23.7 Å². The second kappa shape index (κ2) is 4.17. The number of carbonyl (C=O) groups excluding carboxylic acids is 1. The first kappa shape index (κ1) is 10.6. The lowest BCUT2D eigenvalue weighted by Crippen LogP contribution is -2.03. The van der Waals surface area contributed by atoms with Gasteiger partial charge in [0.25, 0.3) is 0 Å². The predicted octanol–water partition coefficient (Wildman–Crippen LogP) is 2.28. The van der Waals surface area contributed by atoms with Gasteiger partial charge in [0.05, 0.1) is 7.11 Å². The lowest BCUT2D eigenvalue weighted by Gasteiger charge is -2.11. The van der Waals surface area contributed by atoms with Crippen LogP contribution in [0.1, 0.15) is 18.4 Å². The van der Waals surface area contributed by atoms with Gasteiger partial charge in [-0.25, -0.2) is 8.78 Å². The Morgan fingerprint density at radius 2 is 2.07 bits per heavy atom. The van der Waals surface area contributed by atoms with Crippen molar-refractivity contribution in [2.75, 3.05) is 7.11 Å². The number of ether oxygens (including phenoxy) is 1. The van der Waals surface area contributed by atoms with Crippen LogP contribution in [-0.2, 0) is 4.79 Å². The maximum atomic E-state index is 13.3. The molecule has 0 fully saturated rings. The molecular weight excluding hydrogens is 190 g/mol. The Bertz CT molecular complexity index is 350. The summed E-state index contributed by atoms with van der Waals surface area (Å²) in [5, 5.41) is 0. The summed E-state index contributed by atoms with van der Waals surface area (Å²) in [6, 6.07) is 1.79.